The van der Waals surface area contributed by atoms with Crippen LogP contribution in [0.25, 0.3) is 0 Å². The Hall–Kier alpha value is -1.70. The summed E-state index contributed by atoms with van der Waals surface area (Å²) < 4.78 is 24.2. The summed E-state index contributed by atoms with van der Waals surface area (Å²) in [6.07, 6.45) is 1.51. The molecule has 1 N–H and O–H groups in total. The second-order valence-corrected chi connectivity index (χ2v) is 4.08. The first-order chi connectivity index (χ1) is 8.20. The van der Waals surface area contributed by atoms with E-state index in [-0.39, 0.29) is 5.82 Å². The highest BCUT2D eigenvalue weighted by Crippen LogP contribution is 2.24. The number of pyridine rings is 1. The Kier molecular flexibility index (Phi) is 3.52. The fourth-order valence-electron chi connectivity index (χ4n) is 2.03. The lowest BCUT2D eigenvalue weighted by molar-refractivity contribution is 0.163. The molecular formula is C12H13F2N3. The van der Waals surface area contributed by atoms with Gasteiger partial charge in [0, 0.05) is 5.69 Å². The molecule has 2 rings (SSSR count). The highest BCUT2D eigenvalue weighted by Gasteiger charge is 2.15. The third-order valence-electron chi connectivity index (χ3n) is 2.85. The van der Waals surface area contributed by atoms with Gasteiger partial charge in [-0.15, -0.1) is 0 Å². The molecule has 0 atom stereocenters. The highest BCUT2D eigenvalue weighted by atomic mass is 19.3. The summed E-state index contributed by atoms with van der Waals surface area (Å²) in [6.45, 7) is -0.472. The van der Waals surface area contributed by atoms with Crippen LogP contribution in [0.5, 0.6) is 0 Å². The Bertz CT molecular complexity index is 452. The van der Waals surface area contributed by atoms with Gasteiger partial charge in [0.25, 0.3) is 6.43 Å². The number of nitrogens with one attached hydrogen (secondary N) is 1. The summed E-state index contributed by atoms with van der Waals surface area (Å²) in [7, 11) is 0. The summed E-state index contributed by atoms with van der Waals surface area (Å²) >= 11 is 0. The third-order valence-corrected chi connectivity index (χ3v) is 2.85. The molecule has 0 bridgehead atoms. The predicted molar refractivity (Wildman–Crippen MR) is 60.1 cm³/mol. The number of halogens is 2. The first kappa shape index (κ1) is 11.8. The first-order valence-corrected chi connectivity index (χ1v) is 5.65. The van der Waals surface area contributed by atoms with E-state index in [0.717, 1.165) is 36.9 Å². The van der Waals surface area contributed by atoms with Gasteiger partial charge in [-0.05, 0) is 37.3 Å². The molecule has 5 heteroatoms. The van der Waals surface area contributed by atoms with E-state index in [1.54, 1.807) is 6.07 Å². The molecule has 1 aliphatic rings. The zero-order chi connectivity index (χ0) is 12.3. The van der Waals surface area contributed by atoms with Crippen molar-refractivity contribution < 1.29 is 8.78 Å². The topological polar surface area (TPSA) is 48.7 Å². The van der Waals surface area contributed by atoms with Crippen LogP contribution in [0.15, 0.2) is 6.07 Å². The maximum Gasteiger partial charge on any atom is 0.255 e. The van der Waals surface area contributed by atoms with Crippen molar-refractivity contribution in [3.05, 3.63) is 22.9 Å². The zero-order valence-electron chi connectivity index (χ0n) is 9.34. The molecule has 17 heavy (non-hydrogen) atoms. The quantitative estimate of drug-likeness (QED) is 0.878. The van der Waals surface area contributed by atoms with Gasteiger partial charge < -0.3 is 5.32 Å². The Morgan fingerprint density at radius 2 is 2.18 bits per heavy atom. The van der Waals surface area contributed by atoms with Crippen LogP contribution in [-0.2, 0) is 12.8 Å². The molecule has 1 aliphatic carbocycles. The van der Waals surface area contributed by atoms with Crippen LogP contribution in [0.1, 0.15) is 29.7 Å². The van der Waals surface area contributed by atoms with Gasteiger partial charge in [0.15, 0.2) is 0 Å². The second kappa shape index (κ2) is 5.09. The van der Waals surface area contributed by atoms with Crippen molar-refractivity contribution in [1.29, 1.82) is 5.26 Å². The van der Waals surface area contributed by atoms with Crippen molar-refractivity contribution in [2.75, 3.05) is 11.9 Å². The molecule has 1 aromatic rings. The monoisotopic (exact) mass is 237 g/mol. The van der Waals surface area contributed by atoms with Crippen molar-refractivity contribution in [3.8, 4) is 6.07 Å². The van der Waals surface area contributed by atoms with E-state index >= 15 is 0 Å². The second-order valence-electron chi connectivity index (χ2n) is 4.08. The number of aryl methyl sites for hydroxylation is 2. The number of alkyl halides is 2. The SMILES string of the molecule is N#Cc1cc2c(nc1NCC(F)F)CCCC2. The lowest BCUT2D eigenvalue weighted by Crippen LogP contribution is -2.15. The zero-order valence-corrected chi connectivity index (χ0v) is 9.34. The van der Waals surface area contributed by atoms with Gasteiger partial charge in [-0.2, -0.15) is 5.26 Å². The molecule has 0 unspecified atom stereocenters. The van der Waals surface area contributed by atoms with Gasteiger partial charge in [-0.1, -0.05) is 0 Å². The largest absolute Gasteiger partial charge is 0.363 e. The van der Waals surface area contributed by atoms with Crippen molar-refractivity contribution in [3.63, 3.8) is 0 Å². The van der Waals surface area contributed by atoms with Crippen molar-refractivity contribution in [2.24, 2.45) is 0 Å². The maximum atomic E-state index is 12.1. The molecular weight excluding hydrogens is 224 g/mol. The molecule has 0 saturated carbocycles. The minimum absolute atomic E-state index is 0.286. The summed E-state index contributed by atoms with van der Waals surface area (Å²) in [6, 6.07) is 3.77. The van der Waals surface area contributed by atoms with E-state index in [0.29, 0.717) is 5.56 Å². The average molecular weight is 237 g/mol. The Balaban J connectivity index is 2.27. The normalized spacial score (nSPS) is 14.2. The van der Waals surface area contributed by atoms with E-state index in [1.165, 1.54) is 0 Å². The number of nitriles is 1. The number of fused-ring (bicyclic) bond motifs is 1. The molecule has 1 heterocycles. The lowest BCUT2D eigenvalue weighted by atomic mass is 9.95. The summed E-state index contributed by atoms with van der Waals surface area (Å²) in [4.78, 5) is 4.29. The highest BCUT2D eigenvalue weighted by molar-refractivity contribution is 5.54. The van der Waals surface area contributed by atoms with Gasteiger partial charge in [0.1, 0.15) is 11.9 Å². The third kappa shape index (κ3) is 2.70. The van der Waals surface area contributed by atoms with Gasteiger partial charge in [0.05, 0.1) is 12.1 Å². The standard InChI is InChI=1S/C12H13F2N3/c13-11(14)7-16-12-9(6-15)5-8-3-1-2-4-10(8)17-12/h5,11H,1-4,7H2,(H,16,17). The number of aromatic nitrogens is 1. The van der Waals surface area contributed by atoms with Gasteiger partial charge in [0.2, 0.25) is 0 Å². The molecule has 1 aromatic heterocycles. The number of anilines is 1. The summed E-state index contributed by atoms with van der Waals surface area (Å²) in [5, 5.41) is 11.5. The molecule has 3 nitrogen and oxygen atoms in total. The number of hydrogen-bond acceptors (Lipinski definition) is 3. The van der Waals surface area contributed by atoms with Gasteiger partial charge in [-0.25, -0.2) is 13.8 Å². The predicted octanol–water partition coefficient (Wildman–Crippen LogP) is 2.51. The van der Waals surface area contributed by atoms with E-state index in [1.807, 2.05) is 6.07 Å². The number of hydrogen-bond donors (Lipinski definition) is 1. The number of nitrogens with zero attached hydrogens (tertiary/aromatic N) is 2. The molecule has 0 amide bonds. The molecule has 0 fully saturated rings. The van der Waals surface area contributed by atoms with Crippen LogP contribution < -0.4 is 5.32 Å². The molecule has 0 aromatic carbocycles. The van der Waals surface area contributed by atoms with Crippen LogP contribution >= 0.6 is 0 Å². The van der Waals surface area contributed by atoms with Crippen molar-refractivity contribution in [2.45, 2.75) is 32.1 Å². The van der Waals surface area contributed by atoms with E-state index in [9.17, 15) is 8.78 Å². The number of rotatable bonds is 3. The fourth-order valence-corrected chi connectivity index (χ4v) is 2.03. The smallest absolute Gasteiger partial charge is 0.255 e. The average Bonchev–Trinajstić information content (AvgIpc) is 2.35. The van der Waals surface area contributed by atoms with Crippen LogP contribution in [0.4, 0.5) is 14.6 Å². The lowest BCUT2D eigenvalue weighted by Gasteiger charge is -2.17. The van der Waals surface area contributed by atoms with Crippen LogP contribution in [0.3, 0.4) is 0 Å². The molecule has 90 valence electrons. The Morgan fingerprint density at radius 1 is 1.41 bits per heavy atom. The first-order valence-electron chi connectivity index (χ1n) is 5.65. The van der Waals surface area contributed by atoms with Gasteiger partial charge in [-0.3, -0.25) is 0 Å². The molecule has 0 aliphatic heterocycles. The van der Waals surface area contributed by atoms with Crippen molar-refractivity contribution >= 4 is 5.82 Å². The van der Waals surface area contributed by atoms with Crippen LogP contribution in [0.2, 0.25) is 0 Å². The Labute approximate surface area is 98.5 Å². The van der Waals surface area contributed by atoms with E-state index in [2.05, 4.69) is 10.3 Å². The minimum atomic E-state index is -2.45. The molecule has 0 radical (unpaired) electrons. The van der Waals surface area contributed by atoms with Crippen molar-refractivity contribution in [1.82, 2.24) is 4.98 Å². The van der Waals surface area contributed by atoms with E-state index < -0.39 is 13.0 Å². The summed E-state index contributed by atoms with van der Waals surface area (Å²) in [5.74, 6) is 0.286. The Morgan fingerprint density at radius 3 is 2.88 bits per heavy atom. The molecule has 0 saturated heterocycles. The van der Waals surface area contributed by atoms with E-state index in [4.69, 9.17) is 5.26 Å². The fraction of sp³-hybridized carbons (Fsp3) is 0.500. The maximum absolute atomic E-state index is 12.1. The van der Waals surface area contributed by atoms with Crippen LogP contribution in [0, 0.1) is 11.3 Å². The minimum Gasteiger partial charge on any atom is -0.363 e. The van der Waals surface area contributed by atoms with Crippen LogP contribution in [-0.4, -0.2) is 18.0 Å². The van der Waals surface area contributed by atoms with Gasteiger partial charge >= 0.3 is 0 Å². The molecule has 0 spiro atoms. The summed E-state index contributed by atoms with van der Waals surface area (Å²) in [5.41, 5.74) is 2.37.